The van der Waals surface area contributed by atoms with E-state index in [0.717, 1.165) is 21.8 Å². The fourth-order valence-corrected chi connectivity index (χ4v) is 1.70. The monoisotopic (exact) mass is 220 g/mol. The fraction of sp³-hybridized carbons (Fsp3) is 0. The minimum Gasteiger partial charge on any atom is -0.256 e. The second-order valence-electron chi connectivity index (χ2n) is 3.46. The Balaban J connectivity index is 0.000000329. The lowest BCUT2D eigenvalue weighted by Gasteiger charge is -2.00. The SMILES string of the molecule is C=C=C.c1cnc2c(c1)ccc1ncccc12. The molecule has 2 heteroatoms. The van der Waals surface area contributed by atoms with Crippen LogP contribution < -0.4 is 0 Å². The Hall–Kier alpha value is -2.44. The van der Waals surface area contributed by atoms with E-state index in [1.54, 1.807) is 6.20 Å². The van der Waals surface area contributed by atoms with Gasteiger partial charge in [0.15, 0.2) is 0 Å². The maximum Gasteiger partial charge on any atom is 0.0795 e. The van der Waals surface area contributed by atoms with Gasteiger partial charge in [0.2, 0.25) is 0 Å². The van der Waals surface area contributed by atoms with Crippen LogP contribution >= 0.6 is 0 Å². The van der Waals surface area contributed by atoms with Gasteiger partial charge < -0.3 is 0 Å². The smallest absolute Gasteiger partial charge is 0.0795 e. The highest BCUT2D eigenvalue weighted by atomic mass is 14.7. The average molecular weight is 220 g/mol. The highest BCUT2D eigenvalue weighted by Crippen LogP contribution is 2.20. The maximum absolute atomic E-state index is 4.37. The minimum atomic E-state index is 0.999. The summed E-state index contributed by atoms with van der Waals surface area (Å²) in [5, 5.41) is 2.28. The van der Waals surface area contributed by atoms with Crippen LogP contribution in [-0.2, 0) is 0 Å². The molecule has 0 atom stereocenters. The standard InChI is InChI=1S/C12H8N2.C3H4/c1-3-9-5-6-11-10(4-2-7-13-11)12(9)14-8-1;1-3-2/h1-8H;1-2H2. The molecule has 0 fully saturated rings. The van der Waals surface area contributed by atoms with E-state index in [2.05, 4.69) is 47.1 Å². The molecule has 2 aromatic heterocycles. The number of aromatic nitrogens is 2. The second-order valence-corrected chi connectivity index (χ2v) is 3.46. The van der Waals surface area contributed by atoms with Crippen molar-refractivity contribution in [2.75, 3.05) is 0 Å². The zero-order chi connectivity index (χ0) is 12.1. The molecule has 82 valence electrons. The van der Waals surface area contributed by atoms with Crippen molar-refractivity contribution in [2.24, 2.45) is 0 Å². The van der Waals surface area contributed by atoms with E-state index in [4.69, 9.17) is 0 Å². The van der Waals surface area contributed by atoms with Crippen LogP contribution in [0.25, 0.3) is 21.8 Å². The first-order valence-electron chi connectivity index (χ1n) is 5.24. The zero-order valence-corrected chi connectivity index (χ0v) is 9.43. The molecular formula is C15H12N2. The molecule has 3 aromatic rings. The predicted octanol–water partition coefficient (Wildman–Crippen LogP) is 3.74. The van der Waals surface area contributed by atoms with Crippen molar-refractivity contribution >= 4 is 21.8 Å². The average Bonchev–Trinajstić information content (AvgIpc) is 2.40. The Kier molecular flexibility index (Phi) is 3.29. The van der Waals surface area contributed by atoms with Gasteiger partial charge in [0.25, 0.3) is 0 Å². The molecule has 0 aliphatic heterocycles. The van der Waals surface area contributed by atoms with Gasteiger partial charge in [-0.25, -0.2) is 0 Å². The third-order valence-electron chi connectivity index (χ3n) is 2.35. The largest absolute Gasteiger partial charge is 0.256 e. The van der Waals surface area contributed by atoms with Crippen LogP contribution in [0.15, 0.2) is 67.7 Å². The lowest BCUT2D eigenvalue weighted by Crippen LogP contribution is -1.82. The molecule has 0 saturated heterocycles. The van der Waals surface area contributed by atoms with Gasteiger partial charge >= 0.3 is 0 Å². The molecule has 0 aliphatic rings. The number of hydrogen-bond acceptors (Lipinski definition) is 2. The zero-order valence-electron chi connectivity index (χ0n) is 9.43. The van der Waals surface area contributed by atoms with Gasteiger partial charge in [-0.15, -0.1) is 5.73 Å². The van der Waals surface area contributed by atoms with E-state index >= 15 is 0 Å². The van der Waals surface area contributed by atoms with Crippen molar-refractivity contribution in [1.82, 2.24) is 9.97 Å². The summed E-state index contributed by atoms with van der Waals surface area (Å²) in [6.07, 6.45) is 3.62. The Morgan fingerprint density at radius 1 is 0.882 bits per heavy atom. The molecule has 0 spiro atoms. The highest BCUT2D eigenvalue weighted by molar-refractivity contribution is 6.03. The highest BCUT2D eigenvalue weighted by Gasteiger charge is 1.99. The summed E-state index contributed by atoms with van der Waals surface area (Å²) in [4.78, 5) is 8.66. The van der Waals surface area contributed by atoms with Crippen LogP contribution in [0.3, 0.4) is 0 Å². The van der Waals surface area contributed by atoms with Gasteiger partial charge in [-0.05, 0) is 24.3 Å². The van der Waals surface area contributed by atoms with E-state index < -0.39 is 0 Å². The Morgan fingerprint density at radius 2 is 1.59 bits per heavy atom. The number of pyridine rings is 2. The topological polar surface area (TPSA) is 25.8 Å². The summed E-state index contributed by atoms with van der Waals surface area (Å²) < 4.78 is 0. The molecule has 0 N–H and O–H groups in total. The molecule has 2 nitrogen and oxygen atoms in total. The van der Waals surface area contributed by atoms with Crippen molar-refractivity contribution in [3.8, 4) is 0 Å². The number of nitrogens with zero attached hydrogens (tertiary/aromatic N) is 2. The lowest BCUT2D eigenvalue weighted by atomic mass is 10.1. The molecule has 1 aromatic carbocycles. The molecule has 3 rings (SSSR count). The van der Waals surface area contributed by atoms with Gasteiger partial charge in [-0.2, -0.15) is 0 Å². The molecule has 0 radical (unpaired) electrons. The lowest BCUT2D eigenvalue weighted by molar-refractivity contribution is 1.39. The molecule has 0 aliphatic carbocycles. The summed E-state index contributed by atoms with van der Waals surface area (Å²) in [6, 6.07) is 12.1. The van der Waals surface area contributed by atoms with Gasteiger partial charge in [-0.3, -0.25) is 9.97 Å². The van der Waals surface area contributed by atoms with E-state index in [1.807, 2.05) is 24.4 Å². The molecule has 17 heavy (non-hydrogen) atoms. The van der Waals surface area contributed by atoms with Crippen LogP contribution in [0.4, 0.5) is 0 Å². The number of benzene rings is 1. The molecule has 0 bridgehead atoms. The number of fused-ring (bicyclic) bond motifs is 3. The minimum absolute atomic E-state index is 0.999. The Bertz CT molecular complexity index is 626. The first-order valence-corrected chi connectivity index (χ1v) is 5.24. The second kappa shape index (κ2) is 5.06. The fourth-order valence-electron chi connectivity index (χ4n) is 1.70. The van der Waals surface area contributed by atoms with Crippen LogP contribution in [0, 0.1) is 0 Å². The van der Waals surface area contributed by atoms with Crippen LogP contribution in [0.2, 0.25) is 0 Å². The number of rotatable bonds is 0. The van der Waals surface area contributed by atoms with E-state index in [-0.39, 0.29) is 0 Å². The van der Waals surface area contributed by atoms with E-state index in [1.165, 1.54) is 0 Å². The van der Waals surface area contributed by atoms with Gasteiger partial charge in [0, 0.05) is 23.2 Å². The van der Waals surface area contributed by atoms with Crippen LogP contribution in [-0.4, -0.2) is 9.97 Å². The third kappa shape index (κ3) is 2.22. The summed E-state index contributed by atoms with van der Waals surface area (Å²) in [5.41, 5.74) is 4.27. The van der Waals surface area contributed by atoms with Crippen LogP contribution in [0.5, 0.6) is 0 Å². The molecule has 0 amide bonds. The molecule has 0 unspecified atom stereocenters. The first-order chi connectivity index (χ1) is 8.36. The summed E-state index contributed by atoms with van der Waals surface area (Å²) in [7, 11) is 0. The summed E-state index contributed by atoms with van der Waals surface area (Å²) in [5.74, 6) is 0. The van der Waals surface area contributed by atoms with E-state index in [0.29, 0.717) is 0 Å². The van der Waals surface area contributed by atoms with Gasteiger partial charge in [0.1, 0.15) is 0 Å². The van der Waals surface area contributed by atoms with Gasteiger partial charge in [0.05, 0.1) is 11.0 Å². The van der Waals surface area contributed by atoms with Crippen molar-refractivity contribution in [3.05, 3.63) is 67.7 Å². The molecule has 2 heterocycles. The third-order valence-corrected chi connectivity index (χ3v) is 2.35. The maximum atomic E-state index is 4.37. The van der Waals surface area contributed by atoms with E-state index in [9.17, 15) is 0 Å². The molecular weight excluding hydrogens is 208 g/mol. The first kappa shape index (κ1) is 11.1. The predicted molar refractivity (Wildman–Crippen MR) is 71.8 cm³/mol. The summed E-state index contributed by atoms with van der Waals surface area (Å²) in [6.45, 7) is 6.25. The van der Waals surface area contributed by atoms with Crippen molar-refractivity contribution in [2.45, 2.75) is 0 Å². The summed E-state index contributed by atoms with van der Waals surface area (Å²) >= 11 is 0. The Morgan fingerprint density at radius 3 is 2.41 bits per heavy atom. The number of hydrogen-bond donors (Lipinski definition) is 0. The van der Waals surface area contributed by atoms with Crippen molar-refractivity contribution in [1.29, 1.82) is 0 Å². The van der Waals surface area contributed by atoms with Gasteiger partial charge in [-0.1, -0.05) is 25.3 Å². The van der Waals surface area contributed by atoms with Crippen molar-refractivity contribution in [3.63, 3.8) is 0 Å². The Labute approximate surface area is 100.0 Å². The molecule has 0 saturated carbocycles. The van der Waals surface area contributed by atoms with Crippen LogP contribution in [0.1, 0.15) is 0 Å². The quantitative estimate of drug-likeness (QED) is 0.426. The normalized spacial score (nSPS) is 9.41. The van der Waals surface area contributed by atoms with Crippen molar-refractivity contribution < 1.29 is 0 Å².